The van der Waals surface area contributed by atoms with E-state index in [4.69, 9.17) is 16.3 Å². The smallest absolute Gasteiger partial charge is 0.305 e. The van der Waals surface area contributed by atoms with E-state index >= 15 is 0 Å². The number of H-pyrrole nitrogens is 1. The maximum atomic E-state index is 13.9. The van der Waals surface area contributed by atoms with Crippen LogP contribution in [0.25, 0.3) is 0 Å². The number of nitrogens with zero attached hydrogens (tertiary/aromatic N) is 1. The van der Waals surface area contributed by atoms with Crippen molar-refractivity contribution in [3.8, 4) is 5.75 Å². The van der Waals surface area contributed by atoms with Crippen molar-refractivity contribution in [2.75, 3.05) is 4.90 Å². The van der Waals surface area contributed by atoms with Crippen molar-refractivity contribution in [3.63, 3.8) is 0 Å². The lowest BCUT2D eigenvalue weighted by Crippen LogP contribution is -2.32. The molecule has 2 aliphatic heterocycles. The highest BCUT2D eigenvalue weighted by Crippen LogP contribution is 2.54. The number of rotatable bonds is 5. The van der Waals surface area contributed by atoms with Crippen LogP contribution in [0.15, 0.2) is 76.6 Å². The number of halogens is 2. The molecule has 38 heavy (non-hydrogen) atoms. The number of carbonyl (C=O) groups excluding carboxylic acids is 2. The van der Waals surface area contributed by atoms with Gasteiger partial charge in [0.05, 0.1) is 16.6 Å². The van der Waals surface area contributed by atoms with Crippen LogP contribution in [0.2, 0.25) is 5.02 Å². The number of ether oxygens (including phenoxy) is 1. The maximum Gasteiger partial charge on any atom is 0.305 e. The number of nitrogens with one attached hydrogen (secondary N) is 1. The second-order valence-electron chi connectivity index (χ2n) is 9.20. The van der Waals surface area contributed by atoms with E-state index in [1.807, 2.05) is 31.2 Å². The third-order valence-electron chi connectivity index (χ3n) is 6.69. The molecule has 2 unspecified atom stereocenters. The van der Waals surface area contributed by atoms with Crippen LogP contribution >= 0.6 is 34.7 Å². The van der Waals surface area contributed by atoms with E-state index < -0.39 is 34.7 Å². The first-order chi connectivity index (χ1) is 18.3. The van der Waals surface area contributed by atoms with Crippen LogP contribution in [-0.2, 0) is 16.2 Å². The SMILES string of the molecule is Cc1cccc(COc2ccc(Cl)cc2[C@H]2c3sc(=O)[nH]c3SC3C(=O)N(c4ccc(F)cc4)C(=O)C32)c1. The standard InChI is InChI=1S/C28H20ClFN2O4S2/c1-14-3-2-4-15(11-14)13-36-20-10-5-16(29)12-19(20)21-22-24(37-25-23(21)38-28(35)31-25)27(34)32(26(22)33)18-8-6-17(30)7-9-18/h2-12,21-22,24H,13H2,1H3,(H,31,35)/t21-,22?,24?/m1/s1. The van der Waals surface area contributed by atoms with E-state index in [-0.39, 0.29) is 11.5 Å². The van der Waals surface area contributed by atoms with E-state index in [0.717, 1.165) is 27.4 Å². The van der Waals surface area contributed by atoms with Gasteiger partial charge < -0.3 is 9.72 Å². The van der Waals surface area contributed by atoms with Crippen LogP contribution in [-0.4, -0.2) is 22.0 Å². The monoisotopic (exact) mass is 566 g/mol. The second kappa shape index (κ2) is 9.72. The Morgan fingerprint density at radius 3 is 2.58 bits per heavy atom. The van der Waals surface area contributed by atoms with Crippen molar-refractivity contribution in [1.29, 1.82) is 0 Å². The summed E-state index contributed by atoms with van der Waals surface area (Å²) in [6.45, 7) is 2.29. The number of hydrogen-bond donors (Lipinski definition) is 1. The fourth-order valence-corrected chi connectivity index (χ4v) is 7.74. The number of aryl methyl sites for hydroxylation is 1. The molecule has 0 bridgehead atoms. The minimum atomic E-state index is -0.809. The summed E-state index contributed by atoms with van der Waals surface area (Å²) < 4.78 is 19.8. The highest BCUT2D eigenvalue weighted by Gasteiger charge is 2.56. The molecule has 3 atom stereocenters. The molecule has 2 aliphatic rings. The Balaban J connectivity index is 1.45. The second-order valence-corrected chi connectivity index (χ2v) is 11.8. The molecule has 0 aliphatic carbocycles. The van der Waals surface area contributed by atoms with Crippen molar-refractivity contribution in [2.45, 2.75) is 29.7 Å². The predicted octanol–water partition coefficient (Wildman–Crippen LogP) is 5.91. The third-order valence-corrected chi connectivity index (χ3v) is 9.33. The molecule has 2 amide bonds. The number of amides is 2. The lowest BCUT2D eigenvalue weighted by molar-refractivity contribution is -0.122. The molecule has 1 saturated heterocycles. The van der Waals surface area contributed by atoms with Gasteiger partial charge in [-0.05, 0) is 55.0 Å². The zero-order valence-electron chi connectivity index (χ0n) is 19.9. The normalized spacial score (nSPS) is 20.4. The van der Waals surface area contributed by atoms with Gasteiger partial charge in [0, 0.05) is 21.4 Å². The highest BCUT2D eigenvalue weighted by molar-refractivity contribution is 8.00. The zero-order chi connectivity index (χ0) is 26.6. The summed E-state index contributed by atoms with van der Waals surface area (Å²) in [5, 5.41) is 0.214. The van der Waals surface area contributed by atoms with Crippen LogP contribution < -0.4 is 14.5 Å². The van der Waals surface area contributed by atoms with Crippen molar-refractivity contribution in [1.82, 2.24) is 4.98 Å². The topological polar surface area (TPSA) is 79.5 Å². The number of benzene rings is 3. The van der Waals surface area contributed by atoms with Crippen LogP contribution in [0.4, 0.5) is 10.1 Å². The van der Waals surface area contributed by atoms with Gasteiger partial charge in [0.15, 0.2) is 0 Å². The largest absolute Gasteiger partial charge is 0.489 e. The van der Waals surface area contributed by atoms with Crippen molar-refractivity contribution in [3.05, 3.63) is 109 Å². The Bertz CT molecular complexity index is 1630. The number of thiazole rings is 1. The number of imide groups is 1. The quantitative estimate of drug-likeness (QED) is 0.304. The molecule has 3 heterocycles. The van der Waals surface area contributed by atoms with Crippen molar-refractivity contribution >= 4 is 52.2 Å². The molecule has 0 saturated carbocycles. The lowest BCUT2D eigenvalue weighted by Gasteiger charge is -2.31. The summed E-state index contributed by atoms with van der Waals surface area (Å²) in [5.74, 6) is -2.24. The molecule has 1 aromatic heterocycles. The number of anilines is 1. The van der Waals surface area contributed by atoms with Crippen molar-refractivity contribution in [2.24, 2.45) is 5.92 Å². The summed E-state index contributed by atoms with van der Waals surface area (Å²) in [4.78, 5) is 44.2. The number of carbonyl (C=O) groups is 2. The van der Waals surface area contributed by atoms with Crippen LogP contribution in [0.1, 0.15) is 27.5 Å². The molecular formula is C28H20ClFN2O4S2. The van der Waals surface area contributed by atoms with Gasteiger partial charge in [-0.1, -0.05) is 64.5 Å². The van der Waals surface area contributed by atoms with Crippen LogP contribution in [0.5, 0.6) is 5.75 Å². The fraction of sp³-hybridized carbons (Fsp3) is 0.179. The summed E-state index contributed by atoms with van der Waals surface area (Å²) in [7, 11) is 0. The Morgan fingerprint density at radius 2 is 1.82 bits per heavy atom. The highest BCUT2D eigenvalue weighted by atomic mass is 35.5. The Morgan fingerprint density at radius 1 is 1.03 bits per heavy atom. The minimum absolute atomic E-state index is 0.271. The Hall–Kier alpha value is -3.40. The molecule has 1 N–H and O–H groups in total. The van der Waals surface area contributed by atoms with E-state index in [0.29, 0.717) is 31.9 Å². The van der Waals surface area contributed by atoms with Gasteiger partial charge in [0.25, 0.3) is 0 Å². The maximum absolute atomic E-state index is 13.9. The summed E-state index contributed by atoms with van der Waals surface area (Å²) >= 11 is 8.62. The molecule has 4 aromatic rings. The summed E-state index contributed by atoms with van der Waals surface area (Å²) in [6, 6.07) is 18.4. The Labute approximate surface area is 230 Å². The average Bonchev–Trinajstić information content (AvgIpc) is 3.38. The minimum Gasteiger partial charge on any atom is -0.489 e. The number of hydrogen-bond acceptors (Lipinski definition) is 6. The first kappa shape index (κ1) is 24.9. The van der Waals surface area contributed by atoms with Crippen LogP contribution in [0.3, 0.4) is 0 Å². The first-order valence-electron chi connectivity index (χ1n) is 11.8. The molecule has 1 fully saturated rings. The van der Waals surface area contributed by atoms with Gasteiger partial charge in [0.1, 0.15) is 23.4 Å². The van der Waals surface area contributed by atoms with Gasteiger partial charge in [-0.15, -0.1) is 0 Å². The van der Waals surface area contributed by atoms with E-state index in [1.165, 1.54) is 36.0 Å². The molecule has 0 spiro atoms. The average molecular weight is 567 g/mol. The predicted molar refractivity (Wildman–Crippen MR) is 146 cm³/mol. The van der Waals surface area contributed by atoms with Crippen molar-refractivity contribution < 1.29 is 18.7 Å². The molecule has 0 radical (unpaired) electrons. The zero-order valence-corrected chi connectivity index (χ0v) is 22.3. The van der Waals surface area contributed by atoms with E-state index in [9.17, 15) is 18.8 Å². The lowest BCUT2D eigenvalue weighted by atomic mass is 9.82. The number of thioether (sulfide) groups is 1. The first-order valence-corrected chi connectivity index (χ1v) is 13.9. The van der Waals surface area contributed by atoms with Gasteiger partial charge >= 0.3 is 4.87 Å². The van der Waals surface area contributed by atoms with Crippen LogP contribution in [0, 0.1) is 18.7 Å². The van der Waals surface area contributed by atoms with E-state index in [2.05, 4.69) is 4.98 Å². The molecule has 3 aromatic carbocycles. The number of fused-ring (bicyclic) bond motifs is 2. The summed E-state index contributed by atoms with van der Waals surface area (Å²) in [5.41, 5.74) is 3.00. The molecule has 192 valence electrons. The molecule has 10 heteroatoms. The number of aromatic nitrogens is 1. The molecule has 6 nitrogen and oxygen atoms in total. The van der Waals surface area contributed by atoms with Gasteiger partial charge in [-0.2, -0.15) is 0 Å². The van der Waals surface area contributed by atoms with E-state index in [1.54, 1.807) is 18.2 Å². The Kier molecular flexibility index (Phi) is 6.37. The third kappa shape index (κ3) is 4.34. The fourth-order valence-electron chi connectivity index (χ4n) is 5.05. The van der Waals surface area contributed by atoms with Gasteiger partial charge in [-0.3, -0.25) is 14.4 Å². The molecule has 6 rings (SSSR count). The van der Waals surface area contributed by atoms with Gasteiger partial charge in [0.2, 0.25) is 11.8 Å². The number of aromatic amines is 1. The molecular weight excluding hydrogens is 547 g/mol. The van der Waals surface area contributed by atoms with Gasteiger partial charge in [-0.25, -0.2) is 9.29 Å². The summed E-state index contributed by atoms with van der Waals surface area (Å²) in [6.07, 6.45) is 0.